The number of nitrogens with one attached hydrogen (secondary N) is 1. The first-order valence-electron chi connectivity index (χ1n) is 7.43. The number of rotatable bonds is 5. The fourth-order valence-corrected chi connectivity index (χ4v) is 3.34. The molecule has 0 bridgehead atoms. The topological polar surface area (TPSA) is 72.5 Å². The fourth-order valence-electron chi connectivity index (χ4n) is 2.16. The second-order valence-corrected chi connectivity index (χ2v) is 7.10. The number of alkyl halides is 6. The van der Waals surface area contributed by atoms with Gasteiger partial charge in [0.15, 0.2) is 6.61 Å². The van der Waals surface area contributed by atoms with Crippen LogP contribution in [0.2, 0.25) is 0 Å². The Morgan fingerprint density at radius 3 is 2.10 bits per heavy atom. The largest absolute Gasteiger partial charge is 0.483 e. The molecule has 0 saturated heterocycles. The molecule has 5 nitrogen and oxygen atoms in total. The van der Waals surface area contributed by atoms with Crippen LogP contribution in [0.1, 0.15) is 11.1 Å². The van der Waals surface area contributed by atoms with Crippen molar-refractivity contribution in [2.75, 3.05) is 6.61 Å². The summed E-state index contributed by atoms with van der Waals surface area (Å²) in [6, 6.07) is 4.39. The standard InChI is InChI=1S/C16H10F7NO4S/c17-9-5-6-13(11(7-9)16(21,22)23)29(26,27)24-14(25)8-28-12-4-2-1-3-10(12)15(18,19)20/h1-7H,8H2,(H,24,25). The van der Waals surface area contributed by atoms with E-state index in [1.165, 1.54) is 4.72 Å². The molecule has 0 aliphatic heterocycles. The van der Waals surface area contributed by atoms with E-state index >= 15 is 0 Å². The second kappa shape index (κ2) is 7.89. The van der Waals surface area contributed by atoms with Crippen molar-refractivity contribution in [2.45, 2.75) is 17.2 Å². The maximum atomic E-state index is 13.1. The van der Waals surface area contributed by atoms with Gasteiger partial charge in [-0.3, -0.25) is 4.79 Å². The molecule has 2 aromatic carbocycles. The summed E-state index contributed by atoms with van der Waals surface area (Å²) in [5.41, 5.74) is -3.10. The van der Waals surface area contributed by atoms with E-state index in [2.05, 4.69) is 4.74 Å². The average Bonchev–Trinajstić information content (AvgIpc) is 2.58. The van der Waals surface area contributed by atoms with Gasteiger partial charge in [-0.25, -0.2) is 17.5 Å². The Morgan fingerprint density at radius 2 is 1.52 bits per heavy atom. The minimum absolute atomic E-state index is 0.0743. The van der Waals surface area contributed by atoms with E-state index in [-0.39, 0.29) is 6.07 Å². The lowest BCUT2D eigenvalue weighted by molar-refractivity contribution is -0.140. The molecule has 0 atom stereocenters. The summed E-state index contributed by atoms with van der Waals surface area (Å²) >= 11 is 0. The van der Waals surface area contributed by atoms with Gasteiger partial charge in [0.05, 0.1) is 16.0 Å². The van der Waals surface area contributed by atoms with Crippen molar-refractivity contribution < 1.29 is 48.7 Å². The number of carbonyl (C=O) groups is 1. The average molecular weight is 445 g/mol. The van der Waals surface area contributed by atoms with Crippen molar-refractivity contribution in [3.05, 3.63) is 59.4 Å². The van der Waals surface area contributed by atoms with Gasteiger partial charge in [0.1, 0.15) is 11.6 Å². The minimum atomic E-state index is -5.25. The van der Waals surface area contributed by atoms with Gasteiger partial charge in [-0.15, -0.1) is 0 Å². The maximum absolute atomic E-state index is 13.1. The van der Waals surface area contributed by atoms with Crippen molar-refractivity contribution in [3.8, 4) is 5.75 Å². The van der Waals surface area contributed by atoms with Crippen LogP contribution in [0.25, 0.3) is 0 Å². The molecule has 0 aliphatic carbocycles. The lowest BCUT2D eigenvalue weighted by Crippen LogP contribution is -2.35. The van der Waals surface area contributed by atoms with Crippen molar-refractivity contribution in [1.82, 2.24) is 4.72 Å². The van der Waals surface area contributed by atoms with Gasteiger partial charge in [0.2, 0.25) is 0 Å². The zero-order valence-electron chi connectivity index (χ0n) is 13.9. The number of hydrogen-bond donors (Lipinski definition) is 1. The molecule has 1 amide bonds. The number of carbonyl (C=O) groups excluding carboxylic acids is 1. The van der Waals surface area contributed by atoms with Gasteiger partial charge < -0.3 is 4.74 Å². The van der Waals surface area contributed by atoms with E-state index in [0.29, 0.717) is 18.2 Å². The summed E-state index contributed by atoms with van der Waals surface area (Å²) in [5, 5.41) is 0. The van der Waals surface area contributed by atoms with Gasteiger partial charge in [0, 0.05) is 0 Å². The van der Waals surface area contributed by atoms with E-state index in [1.54, 1.807) is 0 Å². The van der Waals surface area contributed by atoms with Crippen LogP contribution in [0.3, 0.4) is 0 Å². The first-order valence-corrected chi connectivity index (χ1v) is 8.91. The predicted octanol–water partition coefficient (Wildman–Crippen LogP) is 3.75. The van der Waals surface area contributed by atoms with E-state index in [0.717, 1.165) is 18.2 Å². The number of halogens is 7. The summed E-state index contributed by atoms with van der Waals surface area (Å²) in [6.45, 7) is -1.24. The molecule has 0 fully saturated rings. The number of para-hydroxylation sites is 1. The second-order valence-electron chi connectivity index (χ2n) is 5.45. The van der Waals surface area contributed by atoms with Crippen molar-refractivity contribution in [2.24, 2.45) is 0 Å². The zero-order chi connectivity index (χ0) is 22.0. The first kappa shape index (κ1) is 22.5. The van der Waals surface area contributed by atoms with Crippen LogP contribution in [0.5, 0.6) is 5.75 Å². The lowest BCUT2D eigenvalue weighted by atomic mass is 10.2. The number of hydrogen-bond acceptors (Lipinski definition) is 4. The Bertz CT molecular complexity index is 1020. The normalized spacial score (nSPS) is 12.5. The third-order valence-electron chi connectivity index (χ3n) is 3.34. The number of benzene rings is 2. The van der Waals surface area contributed by atoms with Crippen molar-refractivity contribution in [3.63, 3.8) is 0 Å². The SMILES string of the molecule is O=C(COc1ccccc1C(F)(F)F)NS(=O)(=O)c1ccc(F)cc1C(F)(F)F. The van der Waals surface area contributed by atoms with Crippen LogP contribution in [0, 0.1) is 5.82 Å². The highest BCUT2D eigenvalue weighted by Crippen LogP contribution is 2.36. The maximum Gasteiger partial charge on any atom is 0.419 e. The molecular weight excluding hydrogens is 435 g/mol. The Labute approximate surface area is 159 Å². The predicted molar refractivity (Wildman–Crippen MR) is 83.7 cm³/mol. The molecule has 0 aliphatic rings. The van der Waals surface area contributed by atoms with E-state index in [9.17, 15) is 43.9 Å². The van der Waals surface area contributed by atoms with Crippen molar-refractivity contribution >= 4 is 15.9 Å². The highest BCUT2D eigenvalue weighted by atomic mass is 32.2. The third kappa shape index (κ3) is 5.59. The first-order chi connectivity index (χ1) is 13.2. The summed E-state index contributed by atoms with van der Waals surface area (Å²) in [7, 11) is -5.12. The van der Waals surface area contributed by atoms with Crippen LogP contribution in [0.4, 0.5) is 30.7 Å². The monoisotopic (exact) mass is 445 g/mol. The van der Waals surface area contributed by atoms with Gasteiger partial charge in [-0.2, -0.15) is 26.3 Å². The minimum Gasteiger partial charge on any atom is -0.483 e. The molecule has 0 unspecified atom stereocenters. The molecule has 0 aromatic heterocycles. The Kier molecular flexibility index (Phi) is 6.11. The molecule has 0 heterocycles. The van der Waals surface area contributed by atoms with Crippen LogP contribution >= 0.6 is 0 Å². The highest BCUT2D eigenvalue weighted by Gasteiger charge is 2.38. The molecule has 0 saturated carbocycles. The van der Waals surface area contributed by atoms with E-state index in [1.807, 2.05) is 0 Å². The number of ether oxygens (including phenoxy) is 1. The summed E-state index contributed by atoms with van der Waals surface area (Å²) in [5.74, 6) is -3.69. The van der Waals surface area contributed by atoms with E-state index in [4.69, 9.17) is 0 Å². The van der Waals surface area contributed by atoms with Crippen molar-refractivity contribution in [1.29, 1.82) is 0 Å². The smallest absolute Gasteiger partial charge is 0.419 e. The van der Waals surface area contributed by atoms with Crippen LogP contribution in [0.15, 0.2) is 47.4 Å². The lowest BCUT2D eigenvalue weighted by Gasteiger charge is -2.15. The zero-order valence-corrected chi connectivity index (χ0v) is 14.8. The van der Waals surface area contributed by atoms with E-state index < -0.39 is 62.5 Å². The van der Waals surface area contributed by atoms with Crippen LogP contribution < -0.4 is 9.46 Å². The molecule has 0 radical (unpaired) electrons. The molecule has 158 valence electrons. The summed E-state index contributed by atoms with van der Waals surface area (Å²) in [6.07, 6.45) is -10.1. The van der Waals surface area contributed by atoms with Gasteiger partial charge >= 0.3 is 12.4 Å². The summed E-state index contributed by atoms with van der Waals surface area (Å²) in [4.78, 5) is 10.3. The van der Waals surface area contributed by atoms with Gasteiger partial charge in [-0.1, -0.05) is 12.1 Å². The van der Waals surface area contributed by atoms with Gasteiger partial charge in [0.25, 0.3) is 15.9 Å². The summed E-state index contributed by atoms with van der Waals surface area (Å²) < 4.78 is 120. The number of amides is 1. The number of sulfonamides is 1. The Hall–Kier alpha value is -2.83. The molecule has 0 spiro atoms. The molecule has 13 heteroatoms. The molecule has 29 heavy (non-hydrogen) atoms. The van der Waals surface area contributed by atoms with Crippen LogP contribution in [-0.2, 0) is 27.2 Å². The molecular formula is C16H10F7NO4S. The highest BCUT2D eigenvalue weighted by molar-refractivity contribution is 7.90. The fraction of sp³-hybridized carbons (Fsp3) is 0.188. The van der Waals surface area contributed by atoms with Gasteiger partial charge in [-0.05, 0) is 30.3 Å². The van der Waals surface area contributed by atoms with Crippen LogP contribution in [-0.4, -0.2) is 20.9 Å². The molecule has 1 N–H and O–H groups in total. The molecule has 2 aromatic rings. The Morgan fingerprint density at radius 1 is 0.931 bits per heavy atom. The Balaban J connectivity index is 2.20. The quantitative estimate of drug-likeness (QED) is 0.712. The molecule has 2 rings (SSSR count). The third-order valence-corrected chi connectivity index (χ3v) is 4.77.